The lowest BCUT2D eigenvalue weighted by Gasteiger charge is -2.34. The van der Waals surface area contributed by atoms with Crippen molar-refractivity contribution in [3.05, 3.63) is 65.6 Å². The van der Waals surface area contributed by atoms with E-state index in [9.17, 15) is 4.79 Å². The van der Waals surface area contributed by atoms with Crippen molar-refractivity contribution < 1.29 is 4.79 Å². The van der Waals surface area contributed by atoms with E-state index in [1.165, 1.54) is 17.3 Å². The molecule has 2 aliphatic heterocycles. The second-order valence-electron chi connectivity index (χ2n) is 9.21. The number of likely N-dealkylation sites (N-methyl/N-ethyl adjacent to an activating group) is 1. The van der Waals surface area contributed by atoms with Crippen LogP contribution in [0.3, 0.4) is 0 Å². The molecule has 1 N–H and O–H groups in total. The van der Waals surface area contributed by atoms with Gasteiger partial charge in [0, 0.05) is 69.4 Å². The van der Waals surface area contributed by atoms with Crippen molar-refractivity contribution in [2.75, 3.05) is 56.5 Å². The molecule has 7 heteroatoms. The largest absolute Gasteiger partial charge is 0.369 e. The first kappa shape index (κ1) is 21.6. The fraction of sp³-hybridized carbons (Fsp3) is 0.423. The highest BCUT2D eigenvalue weighted by Gasteiger charge is 2.26. The van der Waals surface area contributed by atoms with E-state index in [-0.39, 0.29) is 11.9 Å². The summed E-state index contributed by atoms with van der Waals surface area (Å²) in [6.45, 7) is 9.38. The quantitative estimate of drug-likeness (QED) is 0.691. The molecule has 2 fully saturated rings. The monoisotopic (exact) mass is 444 g/mol. The van der Waals surface area contributed by atoms with Crippen LogP contribution in [0.1, 0.15) is 29.1 Å². The fourth-order valence-corrected chi connectivity index (χ4v) is 4.85. The van der Waals surface area contributed by atoms with E-state index in [4.69, 9.17) is 9.97 Å². The number of hydrogen-bond donors (Lipinski definition) is 1. The maximum absolute atomic E-state index is 11.9. The van der Waals surface area contributed by atoms with Gasteiger partial charge in [0.2, 0.25) is 5.91 Å². The third-order valence-corrected chi connectivity index (χ3v) is 6.85. The highest BCUT2D eigenvalue weighted by atomic mass is 16.2. The summed E-state index contributed by atoms with van der Waals surface area (Å²) in [7, 11) is 2.18. The van der Waals surface area contributed by atoms with Crippen LogP contribution in [0, 0.1) is 0 Å². The van der Waals surface area contributed by atoms with Crippen molar-refractivity contribution in [2.24, 2.45) is 0 Å². The number of allylic oxidation sites excluding steroid dienone is 1. The summed E-state index contributed by atoms with van der Waals surface area (Å²) in [5, 5.41) is 3.59. The standard InChI is InChI=1S/C26H32N6O/c1-3-25(33)32-12-11-20(18-32)27-26-22-5-4-6-23(22)28-24(29-26)17-19-7-9-21(10-8-19)31-15-13-30(2)14-16-31/h3-5,7-10,20H,1,6,11-18H2,2H3,(H,27,28,29)/t20-/m1/s1. The van der Waals surface area contributed by atoms with Crippen molar-refractivity contribution in [3.8, 4) is 0 Å². The molecule has 172 valence electrons. The Morgan fingerprint density at radius 1 is 1.15 bits per heavy atom. The van der Waals surface area contributed by atoms with Crippen molar-refractivity contribution in [1.82, 2.24) is 19.8 Å². The number of aromatic nitrogens is 2. The number of anilines is 2. The van der Waals surface area contributed by atoms with Crippen LogP contribution in [0.15, 0.2) is 43.0 Å². The molecule has 7 nitrogen and oxygen atoms in total. The molecule has 2 aromatic rings. The van der Waals surface area contributed by atoms with Gasteiger partial charge in [-0.1, -0.05) is 30.9 Å². The normalized spacial score (nSPS) is 20.2. The summed E-state index contributed by atoms with van der Waals surface area (Å²) in [5.74, 6) is 1.72. The second kappa shape index (κ2) is 9.35. The molecule has 0 radical (unpaired) electrons. The Kier molecular flexibility index (Phi) is 6.13. The molecule has 0 unspecified atom stereocenters. The average Bonchev–Trinajstić information content (AvgIpc) is 3.49. The maximum Gasteiger partial charge on any atom is 0.246 e. The van der Waals surface area contributed by atoms with Crippen LogP contribution in [-0.4, -0.2) is 78.0 Å². The summed E-state index contributed by atoms with van der Waals surface area (Å²) < 4.78 is 0. The number of nitrogens with one attached hydrogen (secondary N) is 1. The van der Waals surface area contributed by atoms with E-state index in [0.29, 0.717) is 13.0 Å². The lowest BCUT2D eigenvalue weighted by atomic mass is 10.1. The molecule has 0 bridgehead atoms. The zero-order valence-corrected chi connectivity index (χ0v) is 19.3. The molecule has 0 spiro atoms. The van der Waals surface area contributed by atoms with Gasteiger partial charge < -0.3 is 20.0 Å². The van der Waals surface area contributed by atoms with E-state index >= 15 is 0 Å². The van der Waals surface area contributed by atoms with Gasteiger partial charge in [-0.05, 0) is 37.2 Å². The summed E-state index contributed by atoms with van der Waals surface area (Å²) >= 11 is 0. The van der Waals surface area contributed by atoms with E-state index in [1.807, 2.05) is 4.90 Å². The van der Waals surface area contributed by atoms with Gasteiger partial charge in [0.25, 0.3) is 0 Å². The first-order valence-corrected chi connectivity index (χ1v) is 11.9. The lowest BCUT2D eigenvalue weighted by Crippen LogP contribution is -2.44. The molecule has 1 amide bonds. The van der Waals surface area contributed by atoms with Gasteiger partial charge in [0.05, 0.1) is 5.69 Å². The summed E-state index contributed by atoms with van der Waals surface area (Å²) in [4.78, 5) is 28.3. The molecule has 5 rings (SSSR count). The lowest BCUT2D eigenvalue weighted by molar-refractivity contribution is -0.125. The summed E-state index contributed by atoms with van der Waals surface area (Å²) in [5.41, 5.74) is 4.66. The predicted octanol–water partition coefficient (Wildman–Crippen LogP) is 2.59. The van der Waals surface area contributed by atoms with Crippen LogP contribution in [0.4, 0.5) is 11.5 Å². The van der Waals surface area contributed by atoms with Crippen molar-refractivity contribution in [2.45, 2.75) is 25.3 Å². The van der Waals surface area contributed by atoms with Gasteiger partial charge >= 0.3 is 0 Å². The second-order valence-corrected chi connectivity index (χ2v) is 9.21. The number of hydrogen-bond acceptors (Lipinski definition) is 6. The Morgan fingerprint density at radius 3 is 2.70 bits per heavy atom. The molecule has 2 saturated heterocycles. The smallest absolute Gasteiger partial charge is 0.246 e. The van der Waals surface area contributed by atoms with Crippen LogP contribution >= 0.6 is 0 Å². The Labute approximate surface area is 195 Å². The Hall–Kier alpha value is -3.19. The zero-order valence-electron chi connectivity index (χ0n) is 19.3. The van der Waals surface area contributed by atoms with Gasteiger partial charge in [0.1, 0.15) is 11.6 Å². The molecule has 3 aliphatic rings. The number of carbonyl (C=O) groups excluding carboxylic acids is 1. The van der Waals surface area contributed by atoms with E-state index in [0.717, 1.165) is 68.5 Å². The fourth-order valence-electron chi connectivity index (χ4n) is 4.85. The number of likely N-dealkylation sites (tertiary alicyclic amines) is 1. The summed E-state index contributed by atoms with van der Waals surface area (Å²) in [6.07, 6.45) is 8.09. The average molecular weight is 445 g/mol. The molecule has 1 atom stereocenters. The van der Waals surface area contributed by atoms with Gasteiger partial charge in [0.15, 0.2) is 0 Å². The van der Waals surface area contributed by atoms with Gasteiger partial charge in [-0.2, -0.15) is 0 Å². The number of rotatable bonds is 6. The third-order valence-electron chi connectivity index (χ3n) is 6.85. The number of nitrogens with zero attached hydrogens (tertiary/aromatic N) is 5. The first-order chi connectivity index (χ1) is 16.1. The predicted molar refractivity (Wildman–Crippen MR) is 133 cm³/mol. The van der Waals surface area contributed by atoms with Crippen LogP contribution in [0.25, 0.3) is 6.08 Å². The van der Waals surface area contributed by atoms with Crippen molar-refractivity contribution >= 4 is 23.5 Å². The molecule has 0 saturated carbocycles. The SMILES string of the molecule is C=CC(=O)N1CC[C@@H](Nc2nc(Cc3ccc(N4CCN(C)CC4)cc3)nc3c2C=CC3)C1. The number of benzene rings is 1. The first-order valence-electron chi connectivity index (χ1n) is 11.9. The van der Waals surface area contributed by atoms with E-state index < -0.39 is 0 Å². The summed E-state index contributed by atoms with van der Waals surface area (Å²) in [6, 6.07) is 9.03. The molecule has 1 aromatic carbocycles. The molecular weight excluding hydrogens is 412 g/mol. The van der Waals surface area contributed by atoms with Crippen LogP contribution in [0.5, 0.6) is 0 Å². The molecule has 1 aliphatic carbocycles. The number of amides is 1. The van der Waals surface area contributed by atoms with Gasteiger partial charge in [-0.25, -0.2) is 9.97 Å². The Balaban J connectivity index is 1.28. The molecule has 1 aromatic heterocycles. The third kappa shape index (κ3) is 4.78. The highest BCUT2D eigenvalue weighted by Crippen LogP contribution is 2.27. The van der Waals surface area contributed by atoms with E-state index in [1.54, 1.807) is 0 Å². The Morgan fingerprint density at radius 2 is 1.94 bits per heavy atom. The minimum atomic E-state index is -0.00665. The van der Waals surface area contributed by atoms with Crippen LogP contribution in [-0.2, 0) is 17.6 Å². The minimum Gasteiger partial charge on any atom is -0.369 e. The van der Waals surface area contributed by atoms with Gasteiger partial charge in [-0.15, -0.1) is 0 Å². The molecule has 33 heavy (non-hydrogen) atoms. The number of piperazine rings is 1. The zero-order chi connectivity index (χ0) is 22.8. The van der Waals surface area contributed by atoms with Crippen LogP contribution in [0.2, 0.25) is 0 Å². The minimum absolute atomic E-state index is 0.00665. The van der Waals surface area contributed by atoms with Gasteiger partial charge in [-0.3, -0.25) is 4.79 Å². The number of carbonyl (C=O) groups is 1. The van der Waals surface area contributed by atoms with Crippen molar-refractivity contribution in [3.63, 3.8) is 0 Å². The maximum atomic E-state index is 11.9. The highest BCUT2D eigenvalue weighted by molar-refractivity contribution is 5.87. The number of fused-ring (bicyclic) bond motifs is 1. The molecular formula is C26H32N6O. The Bertz CT molecular complexity index is 1060. The van der Waals surface area contributed by atoms with Crippen molar-refractivity contribution in [1.29, 1.82) is 0 Å². The topological polar surface area (TPSA) is 64.6 Å². The van der Waals surface area contributed by atoms with E-state index in [2.05, 4.69) is 65.2 Å². The van der Waals surface area contributed by atoms with Crippen LogP contribution < -0.4 is 10.2 Å². The molecule has 3 heterocycles.